The van der Waals surface area contributed by atoms with Gasteiger partial charge >= 0.3 is 0 Å². The molecule has 0 radical (unpaired) electrons. The van der Waals surface area contributed by atoms with Crippen molar-refractivity contribution in [2.24, 2.45) is 11.8 Å². The fourth-order valence-corrected chi connectivity index (χ4v) is 3.71. The molecule has 22 heavy (non-hydrogen) atoms. The van der Waals surface area contributed by atoms with Gasteiger partial charge in [0.25, 0.3) is 0 Å². The molecule has 1 fully saturated rings. The highest BCUT2D eigenvalue weighted by molar-refractivity contribution is 7.16. The van der Waals surface area contributed by atoms with Crippen molar-refractivity contribution < 1.29 is 4.79 Å². The van der Waals surface area contributed by atoms with Crippen LogP contribution in [0.25, 0.3) is 10.6 Å². The predicted molar refractivity (Wildman–Crippen MR) is 86.3 cm³/mol. The van der Waals surface area contributed by atoms with E-state index in [1.165, 1.54) is 11.3 Å². The lowest BCUT2D eigenvalue weighted by molar-refractivity contribution is 0.0959. The number of rotatable bonds is 4. The average molecular weight is 311 g/mol. The van der Waals surface area contributed by atoms with E-state index in [2.05, 4.69) is 18.1 Å². The highest BCUT2D eigenvalue weighted by Crippen LogP contribution is 2.30. The van der Waals surface area contributed by atoms with E-state index in [-0.39, 0.29) is 11.7 Å². The lowest BCUT2D eigenvalue weighted by atomic mass is 9.92. The average Bonchev–Trinajstić information content (AvgIpc) is 3.16. The molecule has 5 heteroatoms. The lowest BCUT2D eigenvalue weighted by Crippen LogP contribution is -2.15. The molecule has 2 aromatic rings. The summed E-state index contributed by atoms with van der Waals surface area (Å²) in [7, 11) is 0. The van der Waals surface area contributed by atoms with Gasteiger partial charge in [0.1, 0.15) is 5.01 Å². The molecule has 4 nitrogen and oxygen atoms in total. The second-order valence-corrected chi connectivity index (χ2v) is 6.80. The lowest BCUT2D eigenvalue weighted by Gasteiger charge is -2.11. The van der Waals surface area contributed by atoms with Gasteiger partial charge in [-0.3, -0.25) is 4.79 Å². The van der Waals surface area contributed by atoms with E-state index in [1.54, 1.807) is 11.1 Å². The number of carbonyl (C=O) groups is 1. The minimum absolute atomic E-state index is 0.135. The van der Waals surface area contributed by atoms with Crippen molar-refractivity contribution in [3.63, 3.8) is 0 Å². The van der Waals surface area contributed by atoms with Crippen molar-refractivity contribution in [3.05, 3.63) is 41.4 Å². The third-order valence-corrected chi connectivity index (χ3v) is 5.25. The van der Waals surface area contributed by atoms with Crippen LogP contribution in [0.2, 0.25) is 0 Å². The molecule has 3 rings (SSSR count). The van der Waals surface area contributed by atoms with Crippen LogP contribution in [0.3, 0.4) is 0 Å². The van der Waals surface area contributed by atoms with E-state index >= 15 is 0 Å². The Hall–Kier alpha value is -2.19. The monoisotopic (exact) mass is 311 g/mol. The van der Waals surface area contributed by atoms with Crippen LogP contribution in [0.1, 0.15) is 23.0 Å². The van der Waals surface area contributed by atoms with Crippen LogP contribution in [0.15, 0.2) is 36.5 Å². The summed E-state index contributed by atoms with van der Waals surface area (Å²) in [5.74, 6) is 0.774. The third-order valence-electron chi connectivity index (χ3n) is 4.16. The van der Waals surface area contributed by atoms with E-state index in [1.807, 2.05) is 30.3 Å². The minimum atomic E-state index is 0.135. The molecular weight excluding hydrogens is 294 g/mol. The Bertz CT molecular complexity index is 704. The first-order chi connectivity index (χ1) is 10.7. The number of benzene rings is 1. The molecule has 0 unspecified atom stereocenters. The van der Waals surface area contributed by atoms with Gasteiger partial charge in [-0.2, -0.15) is 5.26 Å². The number of likely N-dealkylation sites (tertiary alicyclic amines) is 1. The third kappa shape index (κ3) is 3.02. The molecule has 112 valence electrons. The van der Waals surface area contributed by atoms with Crippen LogP contribution in [-0.2, 0) is 0 Å². The quantitative estimate of drug-likeness (QED) is 0.641. The zero-order valence-electron chi connectivity index (χ0n) is 12.4. The Morgan fingerprint density at radius 2 is 2.18 bits per heavy atom. The smallest absolute Gasteiger partial charge is 0.179 e. The summed E-state index contributed by atoms with van der Waals surface area (Å²) in [6.45, 7) is 3.55. The second kappa shape index (κ2) is 6.29. The van der Waals surface area contributed by atoms with Gasteiger partial charge in [0.15, 0.2) is 12.0 Å². The van der Waals surface area contributed by atoms with Crippen LogP contribution in [0.5, 0.6) is 0 Å². The molecule has 1 aromatic heterocycles. The van der Waals surface area contributed by atoms with Crippen LogP contribution in [0.4, 0.5) is 0 Å². The fourth-order valence-electron chi connectivity index (χ4n) is 2.84. The Balaban J connectivity index is 1.69. The summed E-state index contributed by atoms with van der Waals surface area (Å²) in [6, 6.07) is 9.89. The number of ketones is 1. The zero-order chi connectivity index (χ0) is 15.5. The first-order valence-corrected chi connectivity index (χ1v) is 8.18. The van der Waals surface area contributed by atoms with Crippen molar-refractivity contribution in [1.29, 1.82) is 5.26 Å². The molecular formula is C17H17N3OS. The largest absolute Gasteiger partial charge is 0.310 e. The predicted octanol–water partition coefficient (Wildman–Crippen LogP) is 3.43. The van der Waals surface area contributed by atoms with Crippen LogP contribution in [0, 0.1) is 23.3 Å². The van der Waals surface area contributed by atoms with Crippen molar-refractivity contribution in [1.82, 2.24) is 9.88 Å². The topological polar surface area (TPSA) is 57.0 Å². The summed E-state index contributed by atoms with van der Waals surface area (Å²) >= 11 is 1.45. The summed E-state index contributed by atoms with van der Waals surface area (Å²) in [4.78, 5) is 19.3. The van der Waals surface area contributed by atoms with E-state index in [9.17, 15) is 4.79 Å². The SMILES string of the molecule is C[C@H]1CN(C#N)C[C@@H]1CC(=O)c1cnc(-c2ccccc2)s1. The summed E-state index contributed by atoms with van der Waals surface area (Å²) in [5.41, 5.74) is 1.04. The maximum absolute atomic E-state index is 12.5. The number of carbonyl (C=O) groups excluding carboxylic acids is 1. The normalized spacial score (nSPS) is 20.8. The molecule has 0 saturated carbocycles. The highest BCUT2D eigenvalue weighted by atomic mass is 32.1. The Labute approximate surface area is 134 Å². The summed E-state index contributed by atoms with van der Waals surface area (Å²) in [6.07, 6.45) is 4.35. The Morgan fingerprint density at radius 3 is 2.86 bits per heavy atom. The fraction of sp³-hybridized carbons (Fsp3) is 0.353. The first-order valence-electron chi connectivity index (χ1n) is 7.36. The van der Waals surface area contributed by atoms with Gasteiger partial charge in [0.05, 0.1) is 4.88 Å². The van der Waals surface area contributed by atoms with E-state index in [0.717, 1.165) is 17.1 Å². The van der Waals surface area contributed by atoms with Gasteiger partial charge in [-0.05, 0) is 11.8 Å². The zero-order valence-corrected chi connectivity index (χ0v) is 13.2. The Kier molecular flexibility index (Phi) is 4.21. The number of Topliss-reactive ketones (excluding diaryl/α,β-unsaturated/α-hetero) is 1. The molecule has 1 aliphatic heterocycles. The molecule has 1 aromatic carbocycles. The number of nitriles is 1. The Morgan fingerprint density at radius 1 is 1.41 bits per heavy atom. The highest BCUT2D eigenvalue weighted by Gasteiger charge is 2.31. The van der Waals surface area contributed by atoms with Gasteiger partial charge in [0.2, 0.25) is 0 Å². The van der Waals surface area contributed by atoms with E-state index < -0.39 is 0 Å². The summed E-state index contributed by atoms with van der Waals surface area (Å²) < 4.78 is 0. The molecule has 0 aliphatic carbocycles. The van der Waals surface area contributed by atoms with Gasteiger partial charge in [-0.15, -0.1) is 11.3 Å². The maximum Gasteiger partial charge on any atom is 0.179 e. The van der Waals surface area contributed by atoms with Gasteiger partial charge < -0.3 is 4.90 Å². The van der Waals surface area contributed by atoms with Gasteiger partial charge in [-0.25, -0.2) is 4.98 Å². The molecule has 2 atom stereocenters. The van der Waals surface area contributed by atoms with Crippen LogP contribution >= 0.6 is 11.3 Å². The van der Waals surface area contributed by atoms with Crippen molar-refractivity contribution in [2.75, 3.05) is 13.1 Å². The molecule has 0 amide bonds. The first kappa shape index (κ1) is 14.7. The van der Waals surface area contributed by atoms with Crippen LogP contribution < -0.4 is 0 Å². The van der Waals surface area contributed by atoms with E-state index in [0.29, 0.717) is 23.8 Å². The number of thiazole rings is 1. The number of hydrogen-bond acceptors (Lipinski definition) is 5. The molecule has 2 heterocycles. The van der Waals surface area contributed by atoms with Crippen molar-refractivity contribution in [3.8, 4) is 16.8 Å². The number of hydrogen-bond donors (Lipinski definition) is 0. The number of aromatic nitrogens is 1. The molecule has 0 bridgehead atoms. The maximum atomic E-state index is 12.5. The summed E-state index contributed by atoms with van der Waals surface area (Å²) in [5, 5.41) is 9.84. The van der Waals surface area contributed by atoms with E-state index in [4.69, 9.17) is 5.26 Å². The molecule has 0 N–H and O–H groups in total. The standard InChI is InChI=1S/C17H17N3OS/c1-12-9-20(11-18)10-14(12)7-15(21)16-8-19-17(22-16)13-5-3-2-4-6-13/h2-6,8,12,14H,7,9-10H2,1H3/t12-,14-/m0/s1. The van der Waals surface area contributed by atoms with Crippen molar-refractivity contribution in [2.45, 2.75) is 13.3 Å². The van der Waals surface area contributed by atoms with Crippen LogP contribution in [-0.4, -0.2) is 28.8 Å². The van der Waals surface area contributed by atoms with Gasteiger partial charge in [-0.1, -0.05) is 37.3 Å². The minimum Gasteiger partial charge on any atom is -0.310 e. The molecule has 0 spiro atoms. The number of nitrogens with zero attached hydrogens (tertiary/aromatic N) is 3. The van der Waals surface area contributed by atoms with Crippen molar-refractivity contribution >= 4 is 17.1 Å². The second-order valence-electron chi connectivity index (χ2n) is 5.77. The van der Waals surface area contributed by atoms with Gasteiger partial charge in [0, 0.05) is 31.3 Å². The molecule has 1 aliphatic rings. The molecule has 1 saturated heterocycles.